The average molecular weight is 279 g/mol. The number of amides is 2. The lowest BCUT2D eigenvalue weighted by atomic mass is 10.1. The Morgan fingerprint density at radius 3 is 2.70 bits per heavy atom. The molecule has 4 N–H and O–H groups in total. The van der Waals surface area contributed by atoms with E-state index in [0.717, 1.165) is 6.42 Å². The van der Waals surface area contributed by atoms with E-state index in [4.69, 9.17) is 10.5 Å². The normalized spacial score (nSPS) is 11.6. The van der Waals surface area contributed by atoms with E-state index in [0.29, 0.717) is 23.5 Å². The van der Waals surface area contributed by atoms with Gasteiger partial charge < -0.3 is 21.1 Å². The lowest BCUT2D eigenvalue weighted by molar-refractivity contribution is -0.122. The second kappa shape index (κ2) is 7.37. The van der Waals surface area contributed by atoms with E-state index in [9.17, 15) is 9.59 Å². The lowest BCUT2D eigenvalue weighted by Gasteiger charge is -2.15. The number of nitrogens with one attached hydrogen (secondary N) is 2. The summed E-state index contributed by atoms with van der Waals surface area (Å²) >= 11 is 0. The first-order valence-corrected chi connectivity index (χ1v) is 6.52. The maximum atomic E-state index is 12.1. The molecule has 0 saturated carbocycles. The highest BCUT2D eigenvalue weighted by Crippen LogP contribution is 2.25. The van der Waals surface area contributed by atoms with Gasteiger partial charge in [-0.25, -0.2) is 0 Å². The number of methoxy groups -OCH3 is 1. The second-order valence-corrected chi connectivity index (χ2v) is 4.41. The molecule has 0 radical (unpaired) electrons. The SMILES string of the molecule is CCCNC(=O)C(C)NC(=O)c1cccc(N)c1OC. The quantitative estimate of drug-likeness (QED) is 0.675. The highest BCUT2D eigenvalue weighted by atomic mass is 16.5. The van der Waals surface area contributed by atoms with E-state index < -0.39 is 11.9 Å². The van der Waals surface area contributed by atoms with Gasteiger partial charge in [0.2, 0.25) is 5.91 Å². The Bertz CT molecular complexity index is 489. The fraction of sp³-hybridized carbons (Fsp3) is 0.429. The first-order valence-electron chi connectivity index (χ1n) is 6.52. The van der Waals surface area contributed by atoms with E-state index in [1.807, 2.05) is 6.92 Å². The number of benzene rings is 1. The Morgan fingerprint density at radius 1 is 1.40 bits per heavy atom. The van der Waals surface area contributed by atoms with Crippen LogP contribution in [0, 0.1) is 0 Å². The molecule has 0 fully saturated rings. The van der Waals surface area contributed by atoms with Crippen LogP contribution in [0.4, 0.5) is 5.69 Å². The number of para-hydroxylation sites is 1. The minimum atomic E-state index is -0.625. The van der Waals surface area contributed by atoms with Crippen LogP contribution in [0.15, 0.2) is 18.2 Å². The number of nitrogen functional groups attached to an aromatic ring is 1. The summed E-state index contributed by atoms with van der Waals surface area (Å²) in [4.78, 5) is 23.8. The Kier molecular flexibility index (Phi) is 5.83. The molecule has 0 aliphatic heterocycles. The van der Waals surface area contributed by atoms with Crippen LogP contribution >= 0.6 is 0 Å². The standard InChI is InChI=1S/C14H21N3O3/c1-4-8-16-13(18)9(2)17-14(19)10-6-5-7-11(15)12(10)20-3/h5-7,9H,4,8,15H2,1-3H3,(H,16,18)(H,17,19). The smallest absolute Gasteiger partial charge is 0.255 e. The van der Waals surface area contributed by atoms with Crippen LogP contribution in [0.3, 0.4) is 0 Å². The van der Waals surface area contributed by atoms with Crippen molar-refractivity contribution in [3.63, 3.8) is 0 Å². The van der Waals surface area contributed by atoms with Crippen LogP contribution in [0.5, 0.6) is 5.75 Å². The molecule has 1 aromatic carbocycles. The van der Waals surface area contributed by atoms with Crippen molar-refractivity contribution < 1.29 is 14.3 Å². The van der Waals surface area contributed by atoms with Crippen molar-refractivity contribution in [2.45, 2.75) is 26.3 Å². The van der Waals surface area contributed by atoms with E-state index >= 15 is 0 Å². The number of hydrogen-bond donors (Lipinski definition) is 3. The summed E-state index contributed by atoms with van der Waals surface area (Å²) in [7, 11) is 1.44. The van der Waals surface area contributed by atoms with Crippen molar-refractivity contribution >= 4 is 17.5 Å². The fourth-order valence-electron chi connectivity index (χ4n) is 1.70. The van der Waals surface area contributed by atoms with E-state index in [-0.39, 0.29) is 5.91 Å². The Labute approximate surface area is 118 Å². The van der Waals surface area contributed by atoms with E-state index in [1.54, 1.807) is 25.1 Å². The minimum Gasteiger partial charge on any atom is -0.494 e. The Hall–Kier alpha value is -2.24. The number of anilines is 1. The number of hydrogen-bond acceptors (Lipinski definition) is 4. The molecule has 20 heavy (non-hydrogen) atoms. The zero-order chi connectivity index (χ0) is 15.1. The number of rotatable bonds is 6. The third-order valence-electron chi connectivity index (χ3n) is 2.78. The van der Waals surface area contributed by atoms with Gasteiger partial charge in [-0.2, -0.15) is 0 Å². The predicted octanol–water partition coefficient (Wildman–Crippen LogP) is 0.922. The van der Waals surface area contributed by atoms with Gasteiger partial charge in [0.15, 0.2) is 5.75 Å². The first-order chi connectivity index (χ1) is 9.51. The van der Waals surface area contributed by atoms with Gasteiger partial charge in [0.1, 0.15) is 6.04 Å². The van der Waals surface area contributed by atoms with Crippen LogP contribution in [-0.2, 0) is 4.79 Å². The van der Waals surface area contributed by atoms with Crippen molar-refractivity contribution in [3.05, 3.63) is 23.8 Å². The fourth-order valence-corrected chi connectivity index (χ4v) is 1.70. The van der Waals surface area contributed by atoms with Crippen LogP contribution in [0.1, 0.15) is 30.6 Å². The number of carbonyl (C=O) groups excluding carboxylic acids is 2. The van der Waals surface area contributed by atoms with Crippen molar-refractivity contribution in [3.8, 4) is 5.75 Å². The number of nitrogens with two attached hydrogens (primary N) is 1. The lowest BCUT2D eigenvalue weighted by Crippen LogP contribution is -2.45. The van der Waals surface area contributed by atoms with Gasteiger partial charge in [-0.3, -0.25) is 9.59 Å². The molecule has 0 spiro atoms. The molecule has 1 atom stereocenters. The van der Waals surface area contributed by atoms with Crippen LogP contribution in [0.2, 0.25) is 0 Å². The largest absolute Gasteiger partial charge is 0.494 e. The molecule has 110 valence electrons. The summed E-state index contributed by atoms with van der Waals surface area (Å²) in [5, 5.41) is 5.34. The molecule has 1 rings (SSSR count). The van der Waals surface area contributed by atoms with Gasteiger partial charge in [-0.05, 0) is 25.5 Å². The molecule has 6 heteroatoms. The van der Waals surface area contributed by atoms with Crippen molar-refractivity contribution in [2.75, 3.05) is 19.4 Å². The van der Waals surface area contributed by atoms with E-state index in [1.165, 1.54) is 7.11 Å². The third kappa shape index (κ3) is 3.88. The van der Waals surface area contributed by atoms with Crippen molar-refractivity contribution in [1.82, 2.24) is 10.6 Å². The molecule has 0 aromatic heterocycles. The summed E-state index contributed by atoms with van der Waals surface area (Å²) < 4.78 is 5.12. The Morgan fingerprint density at radius 2 is 2.10 bits per heavy atom. The minimum absolute atomic E-state index is 0.219. The summed E-state index contributed by atoms with van der Waals surface area (Å²) in [5.41, 5.74) is 6.43. The Balaban J connectivity index is 2.76. The molecular weight excluding hydrogens is 258 g/mol. The predicted molar refractivity (Wildman–Crippen MR) is 77.6 cm³/mol. The zero-order valence-corrected chi connectivity index (χ0v) is 12.0. The second-order valence-electron chi connectivity index (χ2n) is 4.41. The zero-order valence-electron chi connectivity index (χ0n) is 12.0. The monoisotopic (exact) mass is 279 g/mol. The molecule has 2 amide bonds. The van der Waals surface area contributed by atoms with Gasteiger partial charge in [0.25, 0.3) is 5.91 Å². The molecule has 0 aliphatic rings. The maximum absolute atomic E-state index is 12.1. The highest BCUT2D eigenvalue weighted by Gasteiger charge is 2.19. The third-order valence-corrected chi connectivity index (χ3v) is 2.78. The topological polar surface area (TPSA) is 93.5 Å². The summed E-state index contributed by atoms with van der Waals surface area (Å²) in [6.07, 6.45) is 0.843. The maximum Gasteiger partial charge on any atom is 0.255 e. The molecular formula is C14H21N3O3. The first kappa shape index (κ1) is 15.8. The molecule has 1 unspecified atom stereocenters. The van der Waals surface area contributed by atoms with Gasteiger partial charge in [-0.1, -0.05) is 13.0 Å². The van der Waals surface area contributed by atoms with Crippen LogP contribution in [-0.4, -0.2) is 31.5 Å². The summed E-state index contributed by atoms with van der Waals surface area (Å²) in [6.45, 7) is 4.17. The molecule has 0 heterocycles. The van der Waals surface area contributed by atoms with Gasteiger partial charge >= 0.3 is 0 Å². The highest BCUT2D eigenvalue weighted by molar-refractivity contribution is 6.00. The van der Waals surface area contributed by atoms with Crippen LogP contribution < -0.4 is 21.1 Å². The number of ether oxygens (including phenoxy) is 1. The molecule has 6 nitrogen and oxygen atoms in total. The van der Waals surface area contributed by atoms with Gasteiger partial charge in [0.05, 0.1) is 18.4 Å². The van der Waals surface area contributed by atoms with E-state index in [2.05, 4.69) is 10.6 Å². The molecule has 0 bridgehead atoms. The number of carbonyl (C=O) groups is 2. The van der Waals surface area contributed by atoms with Gasteiger partial charge in [0, 0.05) is 6.54 Å². The molecule has 0 saturated heterocycles. The van der Waals surface area contributed by atoms with Gasteiger partial charge in [-0.15, -0.1) is 0 Å². The van der Waals surface area contributed by atoms with Crippen molar-refractivity contribution in [1.29, 1.82) is 0 Å². The summed E-state index contributed by atoms with van der Waals surface area (Å²) in [6, 6.07) is 4.28. The molecule has 0 aliphatic carbocycles. The molecule has 1 aromatic rings. The average Bonchev–Trinajstić information content (AvgIpc) is 2.44. The van der Waals surface area contributed by atoms with Crippen LogP contribution in [0.25, 0.3) is 0 Å². The van der Waals surface area contributed by atoms with Crippen molar-refractivity contribution in [2.24, 2.45) is 0 Å². The summed E-state index contributed by atoms with van der Waals surface area (Å²) in [5.74, 6) is -0.303.